The fraction of sp³-hybridized carbons (Fsp3) is 0.0769. The molecule has 20 heavy (non-hydrogen) atoms. The third-order valence-corrected chi connectivity index (χ3v) is 3.86. The van der Waals surface area contributed by atoms with Crippen LogP contribution in [-0.4, -0.2) is 8.42 Å². The van der Waals surface area contributed by atoms with Gasteiger partial charge in [-0.3, -0.25) is 4.72 Å². The monoisotopic (exact) mass is 301 g/mol. The Kier molecular flexibility index (Phi) is 3.71. The van der Waals surface area contributed by atoms with E-state index in [1.807, 2.05) is 4.72 Å². The first-order valence-electron chi connectivity index (χ1n) is 5.53. The lowest BCUT2D eigenvalue weighted by molar-refractivity contribution is 0.568. The van der Waals surface area contributed by atoms with E-state index in [2.05, 4.69) is 0 Å². The Labute approximate surface area is 114 Å². The Bertz CT molecular complexity index is 740. The molecule has 2 rings (SSSR count). The second kappa shape index (κ2) is 5.16. The lowest BCUT2D eigenvalue weighted by atomic mass is 10.2. The molecule has 0 heterocycles. The lowest BCUT2D eigenvalue weighted by Gasteiger charge is -2.09. The summed E-state index contributed by atoms with van der Waals surface area (Å²) in [4.78, 5) is -0.616. The molecule has 0 bridgehead atoms. The summed E-state index contributed by atoms with van der Waals surface area (Å²) in [5.74, 6) is -2.84. The maximum atomic E-state index is 13.6. The highest BCUT2D eigenvalue weighted by Gasteiger charge is 2.18. The second-order valence-corrected chi connectivity index (χ2v) is 5.88. The molecular weight excluding hydrogens is 291 g/mol. The van der Waals surface area contributed by atoms with E-state index in [1.165, 1.54) is 12.1 Å². The summed E-state index contributed by atoms with van der Waals surface area (Å²) in [7, 11) is -4.26. The average Bonchev–Trinajstić information content (AvgIpc) is 2.31. The molecule has 0 aliphatic heterocycles. The number of hydrogen-bond acceptors (Lipinski definition) is 2. The van der Waals surface area contributed by atoms with Gasteiger partial charge < -0.3 is 0 Å². The van der Waals surface area contributed by atoms with Gasteiger partial charge in [-0.15, -0.1) is 0 Å². The van der Waals surface area contributed by atoms with Gasteiger partial charge in [0.15, 0.2) is 0 Å². The van der Waals surface area contributed by atoms with Crippen LogP contribution in [0.1, 0.15) is 5.56 Å². The number of rotatable bonds is 3. The highest BCUT2D eigenvalue weighted by molar-refractivity contribution is 7.92. The largest absolute Gasteiger partial charge is 0.277 e. The van der Waals surface area contributed by atoms with Gasteiger partial charge in [0.1, 0.15) is 17.5 Å². The quantitative estimate of drug-likeness (QED) is 0.946. The van der Waals surface area contributed by atoms with Crippen molar-refractivity contribution in [1.82, 2.24) is 0 Å². The van der Waals surface area contributed by atoms with Crippen LogP contribution < -0.4 is 4.72 Å². The second-order valence-electron chi connectivity index (χ2n) is 4.19. The van der Waals surface area contributed by atoms with Crippen molar-refractivity contribution in [2.75, 3.05) is 4.72 Å². The summed E-state index contributed by atoms with van der Waals surface area (Å²) in [5.41, 5.74) is 0.322. The van der Waals surface area contributed by atoms with E-state index in [1.54, 1.807) is 6.92 Å². The van der Waals surface area contributed by atoms with Crippen LogP contribution in [0.4, 0.5) is 18.9 Å². The molecule has 0 saturated heterocycles. The molecule has 0 radical (unpaired) electrons. The summed E-state index contributed by atoms with van der Waals surface area (Å²) in [5, 5.41) is 0. The van der Waals surface area contributed by atoms with E-state index in [4.69, 9.17) is 0 Å². The summed E-state index contributed by atoms with van der Waals surface area (Å²) in [6.07, 6.45) is 0. The predicted octanol–water partition coefficient (Wildman–Crippen LogP) is 3.21. The van der Waals surface area contributed by atoms with Gasteiger partial charge in [-0.1, -0.05) is 6.07 Å². The van der Waals surface area contributed by atoms with Crippen molar-refractivity contribution in [3.05, 3.63) is 59.4 Å². The van der Waals surface area contributed by atoms with Crippen molar-refractivity contribution in [3.8, 4) is 0 Å². The highest BCUT2D eigenvalue weighted by atomic mass is 32.2. The van der Waals surface area contributed by atoms with Crippen molar-refractivity contribution < 1.29 is 21.6 Å². The van der Waals surface area contributed by atoms with Gasteiger partial charge in [0.2, 0.25) is 0 Å². The Balaban J connectivity index is 2.40. The summed E-state index contributed by atoms with van der Waals surface area (Å²) in [6.45, 7) is 1.64. The van der Waals surface area contributed by atoms with E-state index >= 15 is 0 Å². The maximum absolute atomic E-state index is 13.6. The van der Waals surface area contributed by atoms with Crippen LogP contribution >= 0.6 is 0 Å². The van der Waals surface area contributed by atoms with Crippen LogP contribution in [0.15, 0.2) is 41.3 Å². The Hall–Kier alpha value is -2.02. The first kappa shape index (κ1) is 14.4. The fourth-order valence-electron chi connectivity index (χ4n) is 1.59. The number of anilines is 1. The SMILES string of the molecule is Cc1ccc(NS(=O)(=O)c2cc(F)cc(F)c2)c(F)c1. The van der Waals surface area contributed by atoms with Gasteiger partial charge in [0.25, 0.3) is 10.0 Å². The molecule has 0 fully saturated rings. The molecular formula is C13H10F3NO2S. The van der Waals surface area contributed by atoms with Crippen LogP contribution in [-0.2, 0) is 10.0 Å². The molecule has 0 aliphatic rings. The molecule has 7 heteroatoms. The minimum absolute atomic E-state index is 0.291. The van der Waals surface area contributed by atoms with Gasteiger partial charge in [-0.05, 0) is 36.8 Å². The molecule has 0 saturated carbocycles. The number of sulfonamides is 1. The smallest absolute Gasteiger partial charge is 0.262 e. The fourth-order valence-corrected chi connectivity index (χ4v) is 2.70. The van der Waals surface area contributed by atoms with Crippen LogP contribution in [0.2, 0.25) is 0 Å². The molecule has 0 amide bonds. The van der Waals surface area contributed by atoms with Gasteiger partial charge >= 0.3 is 0 Å². The average molecular weight is 301 g/mol. The minimum atomic E-state index is -4.26. The van der Waals surface area contributed by atoms with E-state index < -0.39 is 32.4 Å². The molecule has 0 aliphatic carbocycles. The van der Waals surface area contributed by atoms with Crippen molar-refractivity contribution in [2.24, 2.45) is 0 Å². The molecule has 0 aromatic heterocycles. The molecule has 1 N–H and O–H groups in total. The number of halogens is 3. The number of hydrogen-bond donors (Lipinski definition) is 1. The number of nitrogens with one attached hydrogen (secondary N) is 1. The zero-order valence-corrected chi connectivity index (χ0v) is 11.1. The van der Waals surface area contributed by atoms with Crippen molar-refractivity contribution in [3.63, 3.8) is 0 Å². The molecule has 0 unspecified atom stereocenters. The molecule has 3 nitrogen and oxygen atoms in total. The third-order valence-electron chi connectivity index (χ3n) is 2.52. The highest BCUT2D eigenvalue weighted by Crippen LogP contribution is 2.21. The standard InChI is InChI=1S/C13H10F3NO2S/c1-8-2-3-13(12(16)4-8)17-20(18,19)11-6-9(14)5-10(15)7-11/h2-7,17H,1H3. The Morgan fingerprint density at radius 1 is 0.950 bits per heavy atom. The normalized spacial score (nSPS) is 11.4. The molecule has 2 aromatic rings. The zero-order valence-electron chi connectivity index (χ0n) is 10.3. The van der Waals surface area contributed by atoms with E-state index in [0.29, 0.717) is 23.8 Å². The maximum Gasteiger partial charge on any atom is 0.262 e. The topological polar surface area (TPSA) is 46.2 Å². The lowest BCUT2D eigenvalue weighted by Crippen LogP contribution is -2.14. The van der Waals surface area contributed by atoms with Crippen LogP contribution in [0.25, 0.3) is 0 Å². The van der Waals surface area contributed by atoms with Crippen molar-refractivity contribution in [1.29, 1.82) is 0 Å². The first-order chi connectivity index (χ1) is 9.28. The number of benzene rings is 2. The van der Waals surface area contributed by atoms with Gasteiger partial charge in [-0.25, -0.2) is 21.6 Å². The van der Waals surface area contributed by atoms with Crippen LogP contribution in [0.5, 0.6) is 0 Å². The minimum Gasteiger partial charge on any atom is -0.277 e. The molecule has 0 atom stereocenters. The van der Waals surface area contributed by atoms with E-state index in [-0.39, 0.29) is 5.69 Å². The van der Waals surface area contributed by atoms with Crippen molar-refractivity contribution >= 4 is 15.7 Å². The third kappa shape index (κ3) is 3.11. The van der Waals surface area contributed by atoms with Gasteiger partial charge in [0.05, 0.1) is 10.6 Å². The van der Waals surface area contributed by atoms with Crippen molar-refractivity contribution in [2.45, 2.75) is 11.8 Å². The molecule has 106 valence electrons. The number of aryl methyl sites for hydroxylation is 1. The predicted molar refractivity (Wildman–Crippen MR) is 68.3 cm³/mol. The van der Waals surface area contributed by atoms with Gasteiger partial charge in [0, 0.05) is 6.07 Å². The Morgan fingerprint density at radius 3 is 2.10 bits per heavy atom. The Morgan fingerprint density at radius 2 is 1.55 bits per heavy atom. The van der Waals surface area contributed by atoms with Crippen LogP contribution in [0.3, 0.4) is 0 Å². The summed E-state index contributed by atoms with van der Waals surface area (Å²) >= 11 is 0. The van der Waals surface area contributed by atoms with Gasteiger partial charge in [-0.2, -0.15) is 0 Å². The molecule has 2 aromatic carbocycles. The zero-order chi connectivity index (χ0) is 14.9. The van der Waals surface area contributed by atoms with Crippen LogP contribution in [0, 0.1) is 24.4 Å². The van der Waals surface area contributed by atoms with E-state index in [0.717, 1.165) is 6.07 Å². The molecule has 0 spiro atoms. The summed E-state index contributed by atoms with van der Waals surface area (Å²) in [6, 6.07) is 5.73. The first-order valence-corrected chi connectivity index (χ1v) is 7.01. The summed E-state index contributed by atoms with van der Waals surface area (Å²) < 4.78 is 65.4. The van der Waals surface area contributed by atoms with E-state index in [9.17, 15) is 21.6 Å².